The SMILES string of the molecule is CC([O][Sn]([c]1ccccc1)([c]1ccccc1)[N](C)C)C(=O)OC(C)C(=O)N(C)C. The third kappa shape index (κ3) is 5.38. The summed E-state index contributed by atoms with van der Waals surface area (Å²) in [5.41, 5.74) is 0. The number of nitrogens with zero attached hydrogens (tertiary/aromatic N) is 2. The van der Waals surface area contributed by atoms with E-state index in [0.29, 0.717) is 0 Å². The third-order valence-electron chi connectivity index (χ3n) is 4.72. The summed E-state index contributed by atoms with van der Waals surface area (Å²) in [6, 6.07) is 20.1. The first kappa shape index (κ1) is 23.4. The second-order valence-corrected chi connectivity index (χ2v) is 17.5. The van der Waals surface area contributed by atoms with Crippen LogP contribution < -0.4 is 7.16 Å². The van der Waals surface area contributed by atoms with Gasteiger partial charge in [-0.2, -0.15) is 0 Å². The van der Waals surface area contributed by atoms with Crippen LogP contribution in [0.3, 0.4) is 0 Å². The summed E-state index contributed by atoms with van der Waals surface area (Å²) in [6.07, 6.45) is -1.67. The topological polar surface area (TPSA) is 59.1 Å². The predicted octanol–water partition coefficient (Wildman–Crippen LogP) is 1.23. The van der Waals surface area contributed by atoms with E-state index in [1.54, 1.807) is 27.9 Å². The molecular weight excluding hydrogens is 475 g/mol. The summed E-state index contributed by atoms with van der Waals surface area (Å²) < 4.78 is 16.3. The van der Waals surface area contributed by atoms with Crippen molar-refractivity contribution < 1.29 is 17.4 Å². The molecule has 0 bridgehead atoms. The third-order valence-corrected chi connectivity index (χ3v) is 16.7. The van der Waals surface area contributed by atoms with Crippen LogP contribution in [0.1, 0.15) is 13.8 Å². The van der Waals surface area contributed by atoms with E-state index in [1.165, 1.54) is 4.90 Å². The van der Waals surface area contributed by atoms with Gasteiger partial charge in [0.2, 0.25) is 0 Å². The maximum atomic E-state index is 12.7. The second kappa shape index (κ2) is 10.2. The molecule has 6 nitrogen and oxygen atoms in total. The number of rotatable bonds is 8. The number of hydrogen-bond donors (Lipinski definition) is 0. The molecule has 2 atom stereocenters. The van der Waals surface area contributed by atoms with Crippen molar-refractivity contribution in [1.29, 1.82) is 0 Å². The molecule has 0 radical (unpaired) electrons. The molecule has 0 spiro atoms. The maximum absolute atomic E-state index is 12.7. The molecule has 1 amide bonds. The number of carbonyl (C=O) groups is 2. The van der Waals surface area contributed by atoms with Gasteiger partial charge >= 0.3 is 178 Å². The molecule has 0 aliphatic rings. The minimum absolute atomic E-state index is 0.265. The van der Waals surface area contributed by atoms with E-state index >= 15 is 0 Å². The molecule has 7 heteroatoms. The van der Waals surface area contributed by atoms with Crippen molar-refractivity contribution in [3.05, 3.63) is 60.7 Å². The molecule has 0 N–H and O–H groups in total. The van der Waals surface area contributed by atoms with Gasteiger partial charge in [0.25, 0.3) is 0 Å². The molecule has 156 valence electrons. The van der Waals surface area contributed by atoms with Gasteiger partial charge in [-0.15, -0.1) is 0 Å². The van der Waals surface area contributed by atoms with Crippen molar-refractivity contribution in [2.45, 2.75) is 26.1 Å². The molecule has 2 aromatic rings. The van der Waals surface area contributed by atoms with E-state index in [0.717, 1.165) is 7.16 Å². The summed E-state index contributed by atoms with van der Waals surface area (Å²) in [4.78, 5) is 26.2. The van der Waals surface area contributed by atoms with Crippen molar-refractivity contribution in [2.75, 3.05) is 28.2 Å². The zero-order chi connectivity index (χ0) is 21.6. The summed E-state index contributed by atoms with van der Waals surface area (Å²) in [7, 11) is 7.24. The van der Waals surface area contributed by atoms with Crippen LogP contribution in [0.4, 0.5) is 0 Å². The Hall–Kier alpha value is -1.90. The van der Waals surface area contributed by atoms with Crippen molar-refractivity contribution in [3.8, 4) is 0 Å². The molecule has 0 aromatic heterocycles. The first-order valence-electron chi connectivity index (χ1n) is 9.58. The molecule has 0 heterocycles. The fourth-order valence-corrected chi connectivity index (χ4v) is 13.9. The van der Waals surface area contributed by atoms with Crippen molar-refractivity contribution in [2.24, 2.45) is 0 Å². The van der Waals surface area contributed by atoms with Crippen LogP contribution in [-0.4, -0.2) is 79.4 Å². The molecule has 2 aromatic carbocycles. The number of amides is 1. The number of hydrogen-bond acceptors (Lipinski definition) is 5. The molecule has 29 heavy (non-hydrogen) atoms. The van der Waals surface area contributed by atoms with E-state index in [2.05, 4.69) is 27.4 Å². The summed E-state index contributed by atoms with van der Waals surface area (Å²) in [5, 5.41) is 0. The van der Waals surface area contributed by atoms with Gasteiger partial charge in [0.05, 0.1) is 0 Å². The molecule has 0 aliphatic heterocycles. The molecule has 0 fully saturated rings. The predicted molar refractivity (Wildman–Crippen MR) is 116 cm³/mol. The number of likely N-dealkylation sites (N-methyl/N-ethyl adjacent to an activating group) is 1. The fraction of sp³-hybridized carbons (Fsp3) is 0.364. The average Bonchev–Trinajstić information content (AvgIpc) is 2.72. The Morgan fingerprint density at radius 3 is 1.62 bits per heavy atom. The summed E-state index contributed by atoms with van der Waals surface area (Å²) in [5.74, 6) is -0.804. The van der Waals surface area contributed by atoms with Gasteiger partial charge in [-0.05, 0) is 0 Å². The van der Waals surface area contributed by atoms with Gasteiger partial charge in [-0.1, -0.05) is 0 Å². The first-order chi connectivity index (χ1) is 13.7. The zero-order valence-corrected chi connectivity index (χ0v) is 20.8. The van der Waals surface area contributed by atoms with Gasteiger partial charge in [-0.25, -0.2) is 0 Å². The number of carbonyl (C=O) groups excluding carboxylic acids is 2. The molecule has 0 saturated carbocycles. The van der Waals surface area contributed by atoms with Crippen LogP contribution in [0, 0.1) is 0 Å². The Kier molecular flexibility index (Phi) is 8.24. The van der Waals surface area contributed by atoms with E-state index in [9.17, 15) is 9.59 Å². The normalized spacial score (nSPS) is 13.6. The van der Waals surface area contributed by atoms with Crippen LogP contribution in [0.2, 0.25) is 0 Å². The Morgan fingerprint density at radius 2 is 1.24 bits per heavy atom. The van der Waals surface area contributed by atoms with Crippen LogP contribution in [0.5, 0.6) is 0 Å². The van der Waals surface area contributed by atoms with Gasteiger partial charge in [0.1, 0.15) is 0 Å². The fourth-order valence-electron chi connectivity index (χ4n) is 3.24. The average molecular weight is 505 g/mol. The molecule has 0 aliphatic carbocycles. The van der Waals surface area contributed by atoms with Crippen LogP contribution in [0.25, 0.3) is 0 Å². The molecule has 2 unspecified atom stereocenters. The second-order valence-electron chi connectivity index (χ2n) is 7.34. The number of ether oxygens (including phenoxy) is 1. The molecular formula is C22H30N2O4Sn. The van der Waals surface area contributed by atoms with Crippen molar-refractivity contribution >= 4 is 38.1 Å². The van der Waals surface area contributed by atoms with Crippen LogP contribution >= 0.6 is 0 Å². The quantitative estimate of drug-likeness (QED) is 0.400. The van der Waals surface area contributed by atoms with Gasteiger partial charge < -0.3 is 0 Å². The van der Waals surface area contributed by atoms with E-state index in [4.69, 9.17) is 7.81 Å². The van der Waals surface area contributed by atoms with Gasteiger partial charge in [0.15, 0.2) is 0 Å². The van der Waals surface area contributed by atoms with Crippen molar-refractivity contribution in [1.82, 2.24) is 8.02 Å². The van der Waals surface area contributed by atoms with Gasteiger partial charge in [-0.3, -0.25) is 0 Å². The Morgan fingerprint density at radius 1 is 0.793 bits per heavy atom. The van der Waals surface area contributed by atoms with Crippen molar-refractivity contribution in [3.63, 3.8) is 0 Å². The van der Waals surface area contributed by atoms with Crippen LogP contribution in [-0.2, 0) is 17.4 Å². The first-order valence-corrected chi connectivity index (χ1v) is 14.9. The number of esters is 1. The molecule has 2 rings (SSSR count). The molecule has 0 saturated heterocycles. The summed E-state index contributed by atoms with van der Waals surface area (Å²) in [6.45, 7) is 3.26. The zero-order valence-electron chi connectivity index (χ0n) is 18.0. The van der Waals surface area contributed by atoms with Crippen LogP contribution in [0.15, 0.2) is 60.7 Å². The monoisotopic (exact) mass is 506 g/mol. The van der Waals surface area contributed by atoms with E-state index in [-0.39, 0.29) is 5.91 Å². The summed E-state index contributed by atoms with van der Waals surface area (Å²) >= 11 is -3.89. The minimum atomic E-state index is -3.89. The Bertz CT molecular complexity index is 773. The standard InChI is InChI=1S/C8H14NO4.2C6H5.C2H6N.Sn/c1-5(10)8(12)13-6(2)7(11)9(3)4;2*1-2-4-6-5-3-1;1-3-2;/h5-6H,1-4H3;2*1-5H;1-2H3;/q-1;;;-1;+2. The Labute approximate surface area is 178 Å². The number of benzene rings is 2. The van der Waals surface area contributed by atoms with E-state index in [1.807, 2.05) is 50.5 Å². The Balaban J connectivity index is 2.38. The van der Waals surface area contributed by atoms with Gasteiger partial charge in [0, 0.05) is 0 Å². The van der Waals surface area contributed by atoms with E-state index < -0.39 is 37.2 Å².